The Balaban J connectivity index is 4.30. The molecule has 0 aromatic heterocycles. The third-order valence-electron chi connectivity index (χ3n) is 11.2. The first kappa shape index (κ1) is 59.8. The van der Waals surface area contributed by atoms with Gasteiger partial charge in [0.25, 0.3) is 0 Å². The molecule has 8 nitrogen and oxygen atoms in total. The minimum atomic E-state index is -0.880. The molecule has 0 saturated heterocycles. The van der Waals surface area contributed by atoms with Crippen LogP contribution in [0.5, 0.6) is 0 Å². The number of hydrogen-bond acceptors (Lipinski definition) is 6. The lowest BCUT2D eigenvalue weighted by Gasteiger charge is -2.31. The van der Waals surface area contributed by atoms with Crippen molar-refractivity contribution in [1.82, 2.24) is 0 Å². The fourth-order valence-electron chi connectivity index (χ4n) is 7.23. The molecule has 63 heavy (non-hydrogen) atoms. The number of carboxylic acid groups (broad SMARTS) is 1. The average Bonchev–Trinajstić information content (AvgIpc) is 3.24. The Morgan fingerprint density at radius 1 is 0.508 bits per heavy atom. The Labute approximate surface area is 387 Å². The number of esters is 2. The van der Waals surface area contributed by atoms with Crippen molar-refractivity contribution in [2.75, 3.05) is 41.0 Å². The number of nitrogens with zero attached hydrogens (tertiary/aromatic N) is 1. The molecular formula is C55H96NO7+. The number of carbonyl (C=O) groups is 3. The zero-order valence-corrected chi connectivity index (χ0v) is 41.3. The SMILES string of the molecule is CC/C=C/C/C=C/C/C=C/CCCCCCCCCCCCCC(=O)OC(COCCC(C(=O)O)[N+](C)(C)C)COC(=O)CCCCCCC/C=C/C=C/C=C/CCCCCCC. The van der Waals surface area contributed by atoms with E-state index in [1.54, 1.807) is 0 Å². The quantitative estimate of drug-likeness (QED) is 0.0214. The summed E-state index contributed by atoms with van der Waals surface area (Å²) >= 11 is 0. The van der Waals surface area contributed by atoms with E-state index in [4.69, 9.17) is 14.2 Å². The number of ether oxygens (including phenoxy) is 3. The van der Waals surface area contributed by atoms with E-state index in [0.717, 1.165) is 83.5 Å². The number of carboxylic acids is 1. The summed E-state index contributed by atoms with van der Waals surface area (Å²) in [6, 6.07) is -0.622. The van der Waals surface area contributed by atoms with Gasteiger partial charge in [0.05, 0.1) is 34.4 Å². The van der Waals surface area contributed by atoms with Gasteiger partial charge in [0.2, 0.25) is 0 Å². The Hall–Kier alpha value is -3.23. The second-order valence-electron chi connectivity index (χ2n) is 18.1. The van der Waals surface area contributed by atoms with Crippen LogP contribution in [0.15, 0.2) is 72.9 Å². The molecule has 0 bridgehead atoms. The van der Waals surface area contributed by atoms with Gasteiger partial charge in [-0.05, 0) is 70.6 Å². The molecule has 8 heteroatoms. The van der Waals surface area contributed by atoms with Gasteiger partial charge >= 0.3 is 17.9 Å². The minimum absolute atomic E-state index is 0.0507. The summed E-state index contributed by atoms with van der Waals surface area (Å²) in [5, 5.41) is 9.65. The first-order valence-electron chi connectivity index (χ1n) is 25.5. The van der Waals surface area contributed by atoms with Crippen molar-refractivity contribution >= 4 is 17.9 Å². The number of rotatable bonds is 45. The highest BCUT2D eigenvalue weighted by Crippen LogP contribution is 2.15. The molecule has 2 unspecified atom stereocenters. The zero-order chi connectivity index (χ0) is 46.3. The molecule has 0 heterocycles. The maximum absolute atomic E-state index is 12.8. The number of aliphatic carboxylic acids is 1. The largest absolute Gasteiger partial charge is 0.477 e. The summed E-state index contributed by atoms with van der Waals surface area (Å²) in [5.41, 5.74) is 0. The first-order chi connectivity index (χ1) is 30.6. The van der Waals surface area contributed by atoms with Crippen LogP contribution >= 0.6 is 0 Å². The molecule has 2 atom stereocenters. The van der Waals surface area contributed by atoms with Gasteiger partial charge in [0, 0.05) is 19.3 Å². The molecule has 0 rings (SSSR count). The van der Waals surface area contributed by atoms with Crippen LogP contribution in [0.1, 0.15) is 206 Å². The van der Waals surface area contributed by atoms with Crippen molar-refractivity contribution in [3.8, 4) is 0 Å². The standard InChI is InChI=1S/C55H95NO7/c1-6-8-10-12-14-16-18-20-22-24-26-27-28-30-32-34-36-38-40-42-44-46-54(58)63-51(49-61-48-47-52(55(59)60)56(3,4)5)50-62-53(57)45-43-41-39-37-35-33-31-29-25-23-21-19-17-15-13-11-9-7-2/h8,10,14,16,19-23,25,29,31,51-52H,6-7,9,11-13,15,17-18,24,26-28,30,32-50H2,1-5H3/p+1/b10-8+,16-14+,21-19+,22-20+,25-23+,31-29+. The van der Waals surface area contributed by atoms with E-state index in [9.17, 15) is 19.5 Å². The molecule has 362 valence electrons. The van der Waals surface area contributed by atoms with Crippen LogP contribution in [0.2, 0.25) is 0 Å². The van der Waals surface area contributed by atoms with Crippen LogP contribution in [0.4, 0.5) is 0 Å². The number of unbranched alkanes of at least 4 members (excludes halogenated alkanes) is 21. The van der Waals surface area contributed by atoms with Gasteiger partial charge in [-0.2, -0.15) is 0 Å². The fraction of sp³-hybridized carbons (Fsp3) is 0.727. The van der Waals surface area contributed by atoms with E-state index < -0.39 is 18.1 Å². The molecule has 0 radical (unpaired) electrons. The van der Waals surface area contributed by atoms with Crippen LogP contribution in [0.3, 0.4) is 0 Å². The van der Waals surface area contributed by atoms with Gasteiger partial charge in [-0.1, -0.05) is 189 Å². The van der Waals surface area contributed by atoms with Gasteiger partial charge in [0.1, 0.15) is 6.61 Å². The van der Waals surface area contributed by atoms with Gasteiger partial charge in [0.15, 0.2) is 12.1 Å². The predicted octanol–water partition coefficient (Wildman–Crippen LogP) is 14.7. The van der Waals surface area contributed by atoms with Crippen molar-refractivity contribution in [3.63, 3.8) is 0 Å². The van der Waals surface area contributed by atoms with Crippen LogP contribution < -0.4 is 0 Å². The van der Waals surface area contributed by atoms with Crippen LogP contribution in [-0.2, 0) is 28.6 Å². The van der Waals surface area contributed by atoms with Gasteiger partial charge in [-0.15, -0.1) is 0 Å². The zero-order valence-electron chi connectivity index (χ0n) is 41.3. The topological polar surface area (TPSA) is 99.1 Å². The maximum Gasteiger partial charge on any atom is 0.362 e. The summed E-state index contributed by atoms with van der Waals surface area (Å²) < 4.78 is 17.3. The van der Waals surface area contributed by atoms with Crippen molar-refractivity contribution in [2.45, 2.75) is 219 Å². The van der Waals surface area contributed by atoms with Crippen molar-refractivity contribution in [1.29, 1.82) is 0 Å². The number of carbonyl (C=O) groups excluding carboxylic acids is 2. The minimum Gasteiger partial charge on any atom is -0.477 e. The Morgan fingerprint density at radius 3 is 1.44 bits per heavy atom. The number of quaternary nitrogens is 1. The lowest BCUT2D eigenvalue weighted by molar-refractivity contribution is -0.887. The van der Waals surface area contributed by atoms with Gasteiger partial charge in [-0.3, -0.25) is 9.59 Å². The van der Waals surface area contributed by atoms with E-state index in [0.29, 0.717) is 19.3 Å². The predicted molar refractivity (Wildman–Crippen MR) is 266 cm³/mol. The molecule has 0 spiro atoms. The van der Waals surface area contributed by atoms with Crippen LogP contribution in [0, 0.1) is 0 Å². The summed E-state index contributed by atoms with van der Waals surface area (Å²) in [4.78, 5) is 37.2. The molecule has 1 N–H and O–H groups in total. The summed E-state index contributed by atoms with van der Waals surface area (Å²) in [7, 11) is 5.52. The lowest BCUT2D eigenvalue weighted by Crippen LogP contribution is -2.50. The molecular weight excluding hydrogens is 787 g/mol. The number of allylic oxidation sites excluding steroid dienone is 12. The molecule has 0 aromatic carbocycles. The van der Waals surface area contributed by atoms with E-state index >= 15 is 0 Å². The Kier molecular flexibility index (Phi) is 43.0. The normalized spacial score (nSPS) is 13.5. The van der Waals surface area contributed by atoms with Crippen LogP contribution in [0.25, 0.3) is 0 Å². The van der Waals surface area contributed by atoms with Gasteiger partial charge in [-0.25, -0.2) is 4.79 Å². The summed E-state index contributed by atoms with van der Waals surface area (Å²) in [6.45, 7) is 4.60. The molecule has 0 aliphatic carbocycles. The molecule has 0 fully saturated rings. The summed E-state index contributed by atoms with van der Waals surface area (Å²) in [5.74, 6) is -1.50. The molecule has 0 aromatic rings. The Bertz CT molecular complexity index is 1260. The molecule has 0 aliphatic heterocycles. The molecule has 0 saturated carbocycles. The average molecular weight is 883 g/mol. The van der Waals surface area contributed by atoms with Crippen LogP contribution in [-0.4, -0.2) is 80.6 Å². The maximum atomic E-state index is 12.8. The van der Waals surface area contributed by atoms with Gasteiger partial charge < -0.3 is 23.8 Å². The second-order valence-corrected chi connectivity index (χ2v) is 18.1. The highest BCUT2D eigenvalue weighted by Gasteiger charge is 2.31. The smallest absolute Gasteiger partial charge is 0.362 e. The summed E-state index contributed by atoms with van der Waals surface area (Å²) in [6.07, 6.45) is 58.0. The third kappa shape index (κ3) is 43.8. The highest BCUT2D eigenvalue weighted by atomic mass is 16.6. The Morgan fingerprint density at radius 2 is 0.952 bits per heavy atom. The third-order valence-corrected chi connectivity index (χ3v) is 11.2. The van der Waals surface area contributed by atoms with E-state index in [2.05, 4.69) is 86.8 Å². The van der Waals surface area contributed by atoms with Crippen molar-refractivity contribution < 1.29 is 38.2 Å². The van der Waals surface area contributed by atoms with E-state index in [1.165, 1.54) is 89.9 Å². The second kappa shape index (κ2) is 45.3. The molecule has 0 amide bonds. The van der Waals surface area contributed by atoms with Crippen molar-refractivity contribution in [2.24, 2.45) is 0 Å². The highest BCUT2D eigenvalue weighted by molar-refractivity contribution is 5.72. The first-order valence-corrected chi connectivity index (χ1v) is 25.5. The molecule has 0 aliphatic rings. The lowest BCUT2D eigenvalue weighted by atomic mass is 10.0. The van der Waals surface area contributed by atoms with E-state index in [-0.39, 0.29) is 36.2 Å². The fourth-order valence-corrected chi connectivity index (χ4v) is 7.23. The monoisotopic (exact) mass is 883 g/mol. The number of hydrogen-bond donors (Lipinski definition) is 1. The van der Waals surface area contributed by atoms with E-state index in [1.807, 2.05) is 21.1 Å². The number of likely N-dealkylation sites (N-methyl/N-ethyl adjacent to an activating group) is 1. The van der Waals surface area contributed by atoms with Crippen molar-refractivity contribution in [3.05, 3.63) is 72.9 Å².